The standard InChI is InChI=1S/C13H17IN4O3S/c1-4-18-12(15-16-13(18)21-3)9(2)17-22(19,20)11-7-5-10(14)6-8-11/h5-9,17H,4H2,1-3H3/t9-/m1/s1. The van der Waals surface area contributed by atoms with Crippen molar-refractivity contribution in [2.45, 2.75) is 31.3 Å². The van der Waals surface area contributed by atoms with E-state index in [2.05, 4.69) is 37.5 Å². The van der Waals surface area contributed by atoms with E-state index in [4.69, 9.17) is 4.74 Å². The number of benzene rings is 1. The molecular weight excluding hydrogens is 419 g/mol. The van der Waals surface area contributed by atoms with E-state index in [-0.39, 0.29) is 4.90 Å². The van der Waals surface area contributed by atoms with Crippen LogP contribution in [0.5, 0.6) is 6.01 Å². The number of nitrogens with zero attached hydrogens (tertiary/aromatic N) is 3. The summed E-state index contributed by atoms with van der Waals surface area (Å²) >= 11 is 2.12. The van der Waals surface area contributed by atoms with Crippen LogP contribution in [0.1, 0.15) is 25.7 Å². The number of aromatic nitrogens is 3. The van der Waals surface area contributed by atoms with E-state index in [1.165, 1.54) is 7.11 Å². The summed E-state index contributed by atoms with van der Waals surface area (Å²) in [6, 6.07) is 6.47. The van der Waals surface area contributed by atoms with Gasteiger partial charge in [0.2, 0.25) is 10.0 Å². The van der Waals surface area contributed by atoms with Crippen molar-refractivity contribution in [3.63, 3.8) is 0 Å². The second-order valence-electron chi connectivity index (χ2n) is 4.59. The first kappa shape index (κ1) is 17.2. The summed E-state index contributed by atoms with van der Waals surface area (Å²) in [5, 5.41) is 7.91. The van der Waals surface area contributed by atoms with Crippen LogP contribution in [-0.2, 0) is 16.6 Å². The smallest absolute Gasteiger partial charge is 0.316 e. The zero-order valence-corrected chi connectivity index (χ0v) is 15.4. The van der Waals surface area contributed by atoms with Gasteiger partial charge in [0, 0.05) is 10.1 Å². The van der Waals surface area contributed by atoms with Crippen molar-refractivity contribution in [1.29, 1.82) is 0 Å². The largest absolute Gasteiger partial charge is 0.467 e. The first-order chi connectivity index (χ1) is 10.4. The second kappa shape index (κ2) is 6.92. The lowest BCUT2D eigenvalue weighted by Crippen LogP contribution is -2.29. The van der Waals surface area contributed by atoms with Gasteiger partial charge >= 0.3 is 6.01 Å². The fraction of sp³-hybridized carbons (Fsp3) is 0.385. The van der Waals surface area contributed by atoms with Gasteiger partial charge in [-0.1, -0.05) is 5.10 Å². The Morgan fingerprint density at radius 1 is 1.32 bits per heavy atom. The Balaban J connectivity index is 2.26. The van der Waals surface area contributed by atoms with Crippen LogP contribution >= 0.6 is 22.6 Å². The van der Waals surface area contributed by atoms with Crippen LogP contribution in [0, 0.1) is 3.57 Å². The molecule has 120 valence electrons. The van der Waals surface area contributed by atoms with E-state index >= 15 is 0 Å². The van der Waals surface area contributed by atoms with Crippen LogP contribution < -0.4 is 9.46 Å². The average Bonchev–Trinajstić information content (AvgIpc) is 2.90. The van der Waals surface area contributed by atoms with Crippen LogP contribution in [0.15, 0.2) is 29.2 Å². The van der Waals surface area contributed by atoms with Crippen molar-refractivity contribution in [1.82, 2.24) is 19.5 Å². The molecule has 0 saturated heterocycles. The number of methoxy groups -OCH3 is 1. The molecule has 0 aliphatic rings. The van der Waals surface area contributed by atoms with Gasteiger partial charge in [-0.15, -0.1) is 5.10 Å². The van der Waals surface area contributed by atoms with Crippen molar-refractivity contribution in [2.75, 3.05) is 7.11 Å². The number of halogens is 1. The Morgan fingerprint density at radius 2 is 1.95 bits per heavy atom. The quantitative estimate of drug-likeness (QED) is 0.700. The monoisotopic (exact) mass is 436 g/mol. The van der Waals surface area contributed by atoms with Crippen molar-refractivity contribution >= 4 is 32.6 Å². The third-order valence-electron chi connectivity index (χ3n) is 3.09. The molecule has 7 nitrogen and oxygen atoms in total. The molecule has 2 rings (SSSR count). The summed E-state index contributed by atoms with van der Waals surface area (Å²) in [5.74, 6) is 0.508. The number of hydrogen-bond donors (Lipinski definition) is 1. The zero-order valence-electron chi connectivity index (χ0n) is 12.4. The molecule has 1 aromatic carbocycles. The molecule has 0 aliphatic heterocycles. The summed E-state index contributed by atoms with van der Waals surface area (Å²) in [6.07, 6.45) is 0. The maximum absolute atomic E-state index is 12.4. The van der Waals surface area contributed by atoms with Crippen molar-refractivity contribution in [2.24, 2.45) is 0 Å². The molecule has 0 aliphatic carbocycles. The summed E-state index contributed by atoms with van der Waals surface area (Å²) in [7, 11) is -2.12. The Hall–Kier alpha value is -1.20. The first-order valence-corrected chi connectivity index (χ1v) is 9.20. The molecule has 0 saturated carbocycles. The lowest BCUT2D eigenvalue weighted by Gasteiger charge is -2.15. The molecule has 1 atom stereocenters. The highest BCUT2D eigenvalue weighted by Gasteiger charge is 2.23. The Kier molecular flexibility index (Phi) is 5.40. The molecule has 1 aromatic heterocycles. The Bertz CT molecular complexity index is 743. The van der Waals surface area contributed by atoms with E-state index in [1.807, 2.05) is 6.92 Å². The van der Waals surface area contributed by atoms with Gasteiger partial charge in [0.15, 0.2) is 5.82 Å². The van der Waals surface area contributed by atoms with Crippen LogP contribution in [0.3, 0.4) is 0 Å². The van der Waals surface area contributed by atoms with Crippen LogP contribution in [0.25, 0.3) is 0 Å². The minimum absolute atomic E-state index is 0.217. The molecule has 0 fully saturated rings. The third kappa shape index (κ3) is 3.58. The van der Waals surface area contributed by atoms with Gasteiger partial charge in [0.25, 0.3) is 0 Å². The topological polar surface area (TPSA) is 86.1 Å². The highest BCUT2D eigenvalue weighted by atomic mass is 127. The molecule has 0 unspecified atom stereocenters. The Morgan fingerprint density at radius 3 is 2.50 bits per heavy atom. The number of ether oxygens (including phenoxy) is 1. The zero-order chi connectivity index (χ0) is 16.3. The molecule has 9 heteroatoms. The SMILES string of the molecule is CCn1c(OC)nnc1[C@@H](C)NS(=O)(=O)c1ccc(I)cc1. The maximum Gasteiger partial charge on any atom is 0.316 e. The predicted molar refractivity (Wildman–Crippen MR) is 90.1 cm³/mol. The van der Waals surface area contributed by atoms with Crippen molar-refractivity contribution in [3.8, 4) is 6.01 Å². The molecule has 0 spiro atoms. The summed E-state index contributed by atoms with van der Waals surface area (Å²) in [4.78, 5) is 0.217. The normalized spacial score (nSPS) is 13.1. The van der Waals surface area contributed by atoms with Gasteiger partial charge < -0.3 is 4.74 Å². The van der Waals surface area contributed by atoms with Gasteiger partial charge in [-0.05, 0) is 60.7 Å². The number of sulfonamides is 1. The van der Waals surface area contributed by atoms with Gasteiger partial charge in [-0.2, -0.15) is 0 Å². The van der Waals surface area contributed by atoms with E-state index in [0.717, 1.165) is 3.57 Å². The van der Waals surface area contributed by atoms with Gasteiger partial charge in [0.05, 0.1) is 18.0 Å². The summed E-state index contributed by atoms with van der Waals surface area (Å²) in [5.41, 5.74) is 0. The second-order valence-corrected chi connectivity index (χ2v) is 7.55. The number of nitrogens with one attached hydrogen (secondary N) is 1. The maximum atomic E-state index is 12.4. The Labute approximate surface area is 143 Å². The molecular formula is C13H17IN4O3S. The number of rotatable bonds is 6. The summed E-state index contributed by atoms with van der Waals surface area (Å²) in [6.45, 7) is 4.22. The van der Waals surface area contributed by atoms with Gasteiger partial charge in [0.1, 0.15) is 0 Å². The van der Waals surface area contributed by atoms with Crippen molar-refractivity contribution in [3.05, 3.63) is 33.7 Å². The molecule has 0 amide bonds. The average molecular weight is 436 g/mol. The van der Waals surface area contributed by atoms with Crippen LogP contribution in [0.2, 0.25) is 0 Å². The molecule has 0 bridgehead atoms. The fourth-order valence-electron chi connectivity index (χ4n) is 2.04. The van der Waals surface area contributed by atoms with E-state index < -0.39 is 16.1 Å². The molecule has 22 heavy (non-hydrogen) atoms. The number of hydrogen-bond acceptors (Lipinski definition) is 5. The van der Waals surface area contributed by atoms with Crippen LogP contribution in [-0.4, -0.2) is 30.3 Å². The molecule has 1 N–H and O–H groups in total. The predicted octanol–water partition coefficient (Wildman–Crippen LogP) is 1.95. The molecule has 0 radical (unpaired) electrons. The highest BCUT2D eigenvalue weighted by Crippen LogP contribution is 2.19. The first-order valence-electron chi connectivity index (χ1n) is 6.64. The minimum atomic E-state index is -3.62. The lowest BCUT2D eigenvalue weighted by molar-refractivity contribution is 0.354. The fourth-order valence-corrected chi connectivity index (χ4v) is 3.60. The lowest BCUT2D eigenvalue weighted by atomic mass is 10.3. The van der Waals surface area contributed by atoms with E-state index in [9.17, 15) is 8.42 Å². The molecule has 1 heterocycles. The minimum Gasteiger partial charge on any atom is -0.467 e. The summed E-state index contributed by atoms with van der Waals surface area (Å²) < 4.78 is 35.2. The third-order valence-corrected chi connectivity index (χ3v) is 5.36. The van der Waals surface area contributed by atoms with E-state index in [1.54, 1.807) is 35.8 Å². The van der Waals surface area contributed by atoms with Crippen LogP contribution in [0.4, 0.5) is 0 Å². The van der Waals surface area contributed by atoms with Gasteiger partial charge in [-0.25, -0.2) is 13.1 Å². The van der Waals surface area contributed by atoms with Gasteiger partial charge in [-0.3, -0.25) is 4.57 Å². The molecule has 2 aromatic rings. The highest BCUT2D eigenvalue weighted by molar-refractivity contribution is 14.1. The van der Waals surface area contributed by atoms with E-state index in [0.29, 0.717) is 18.4 Å². The van der Waals surface area contributed by atoms with Crippen molar-refractivity contribution < 1.29 is 13.2 Å².